The molecule has 3 heteroatoms. The standard InChI is InChI=1S/C21H16FNO/c1-24-20-9-7-14-10-15-11-16(22)8-6-13(15)12-18(14)21(20)17-4-2-3-5-19(17)23/h2-12H,23H2,1H3. The third kappa shape index (κ3) is 2.26. The summed E-state index contributed by atoms with van der Waals surface area (Å²) in [6.07, 6.45) is 0. The molecular formula is C21H16FNO. The molecule has 4 rings (SSSR count). The van der Waals surface area contributed by atoms with Gasteiger partial charge in [-0.25, -0.2) is 4.39 Å². The summed E-state index contributed by atoms with van der Waals surface area (Å²) in [6.45, 7) is 0. The van der Waals surface area contributed by atoms with E-state index in [1.54, 1.807) is 19.2 Å². The molecule has 0 spiro atoms. The number of benzene rings is 4. The molecule has 2 nitrogen and oxygen atoms in total. The Morgan fingerprint density at radius 2 is 1.62 bits per heavy atom. The Labute approximate surface area is 139 Å². The van der Waals surface area contributed by atoms with E-state index in [0.717, 1.165) is 38.4 Å². The van der Waals surface area contributed by atoms with Crippen molar-refractivity contribution in [3.63, 3.8) is 0 Å². The van der Waals surface area contributed by atoms with Crippen molar-refractivity contribution in [1.29, 1.82) is 0 Å². The zero-order valence-electron chi connectivity index (χ0n) is 13.2. The predicted octanol–water partition coefficient (Wildman–Crippen LogP) is 5.39. The van der Waals surface area contributed by atoms with Gasteiger partial charge in [0, 0.05) is 16.8 Å². The van der Waals surface area contributed by atoms with Crippen molar-refractivity contribution in [1.82, 2.24) is 0 Å². The first-order chi connectivity index (χ1) is 11.7. The summed E-state index contributed by atoms with van der Waals surface area (Å²) in [5.74, 6) is 0.532. The third-order valence-electron chi connectivity index (χ3n) is 4.35. The maximum atomic E-state index is 13.5. The fourth-order valence-corrected chi connectivity index (χ4v) is 3.19. The number of ether oxygens (including phenoxy) is 1. The second kappa shape index (κ2) is 5.53. The normalized spacial score (nSPS) is 11.1. The Morgan fingerprint density at radius 3 is 2.42 bits per heavy atom. The summed E-state index contributed by atoms with van der Waals surface area (Å²) in [5.41, 5.74) is 8.78. The Hall–Kier alpha value is -3.07. The van der Waals surface area contributed by atoms with Gasteiger partial charge in [-0.05, 0) is 57.9 Å². The third-order valence-corrected chi connectivity index (χ3v) is 4.35. The second-order valence-corrected chi connectivity index (χ2v) is 5.79. The van der Waals surface area contributed by atoms with Crippen LogP contribution in [0.15, 0.2) is 66.7 Å². The molecular weight excluding hydrogens is 301 g/mol. The zero-order valence-corrected chi connectivity index (χ0v) is 13.2. The maximum absolute atomic E-state index is 13.5. The molecule has 0 saturated carbocycles. The summed E-state index contributed by atoms with van der Waals surface area (Å²) in [6, 6.07) is 20.5. The lowest BCUT2D eigenvalue weighted by atomic mass is 9.94. The van der Waals surface area contributed by atoms with E-state index >= 15 is 0 Å². The van der Waals surface area contributed by atoms with Crippen molar-refractivity contribution >= 4 is 27.2 Å². The molecule has 0 aliphatic carbocycles. The minimum Gasteiger partial charge on any atom is -0.496 e. The number of methoxy groups -OCH3 is 1. The van der Waals surface area contributed by atoms with E-state index in [1.165, 1.54) is 6.07 Å². The first-order valence-corrected chi connectivity index (χ1v) is 7.72. The molecule has 0 radical (unpaired) electrons. The average Bonchev–Trinajstić information content (AvgIpc) is 2.59. The lowest BCUT2D eigenvalue weighted by Gasteiger charge is -2.15. The van der Waals surface area contributed by atoms with Gasteiger partial charge in [0.1, 0.15) is 11.6 Å². The Bertz CT molecular complexity index is 1070. The van der Waals surface area contributed by atoms with Gasteiger partial charge in [-0.2, -0.15) is 0 Å². The van der Waals surface area contributed by atoms with Crippen LogP contribution in [0.25, 0.3) is 32.7 Å². The van der Waals surface area contributed by atoms with Crippen LogP contribution < -0.4 is 10.5 Å². The fourth-order valence-electron chi connectivity index (χ4n) is 3.19. The monoisotopic (exact) mass is 317 g/mol. The lowest BCUT2D eigenvalue weighted by molar-refractivity contribution is 0.417. The van der Waals surface area contributed by atoms with Gasteiger partial charge in [-0.15, -0.1) is 0 Å². The molecule has 0 saturated heterocycles. The minimum atomic E-state index is -0.233. The van der Waals surface area contributed by atoms with Crippen molar-refractivity contribution in [3.8, 4) is 16.9 Å². The molecule has 0 amide bonds. The highest BCUT2D eigenvalue weighted by molar-refractivity contribution is 6.08. The SMILES string of the molecule is COc1ccc2cc3cc(F)ccc3cc2c1-c1ccccc1N. The fraction of sp³-hybridized carbons (Fsp3) is 0.0476. The van der Waals surface area contributed by atoms with Crippen LogP contribution in [0.3, 0.4) is 0 Å². The second-order valence-electron chi connectivity index (χ2n) is 5.79. The number of hydrogen-bond acceptors (Lipinski definition) is 2. The van der Waals surface area contributed by atoms with Gasteiger partial charge in [-0.3, -0.25) is 0 Å². The van der Waals surface area contributed by atoms with Crippen LogP contribution in [0.2, 0.25) is 0 Å². The molecule has 4 aromatic rings. The van der Waals surface area contributed by atoms with Crippen LogP contribution >= 0.6 is 0 Å². The van der Waals surface area contributed by atoms with E-state index in [2.05, 4.69) is 6.07 Å². The van der Waals surface area contributed by atoms with E-state index in [0.29, 0.717) is 5.69 Å². The van der Waals surface area contributed by atoms with Crippen LogP contribution in [0.5, 0.6) is 5.75 Å². The summed E-state index contributed by atoms with van der Waals surface area (Å²) in [5, 5.41) is 3.91. The van der Waals surface area contributed by atoms with Crippen molar-refractivity contribution in [3.05, 3.63) is 72.5 Å². The summed E-state index contributed by atoms with van der Waals surface area (Å²) in [7, 11) is 1.65. The van der Waals surface area contributed by atoms with Crippen LogP contribution in [0, 0.1) is 5.82 Å². The van der Waals surface area contributed by atoms with Crippen LogP contribution in [-0.4, -0.2) is 7.11 Å². The topological polar surface area (TPSA) is 35.2 Å². The quantitative estimate of drug-likeness (QED) is 0.397. The van der Waals surface area contributed by atoms with Gasteiger partial charge in [0.25, 0.3) is 0 Å². The average molecular weight is 317 g/mol. The van der Waals surface area contributed by atoms with Gasteiger partial charge < -0.3 is 10.5 Å². The van der Waals surface area contributed by atoms with Crippen LogP contribution in [0.4, 0.5) is 10.1 Å². The molecule has 118 valence electrons. The molecule has 0 fully saturated rings. The van der Waals surface area contributed by atoms with Gasteiger partial charge in [0.15, 0.2) is 0 Å². The summed E-state index contributed by atoms with van der Waals surface area (Å²) < 4.78 is 19.1. The first-order valence-electron chi connectivity index (χ1n) is 7.72. The molecule has 0 aliphatic rings. The van der Waals surface area contributed by atoms with Crippen molar-refractivity contribution in [2.24, 2.45) is 0 Å². The maximum Gasteiger partial charge on any atom is 0.127 e. The van der Waals surface area contributed by atoms with Crippen molar-refractivity contribution < 1.29 is 9.13 Å². The number of nitrogens with two attached hydrogens (primary N) is 1. The van der Waals surface area contributed by atoms with Gasteiger partial charge in [0.2, 0.25) is 0 Å². The molecule has 24 heavy (non-hydrogen) atoms. The van der Waals surface area contributed by atoms with Crippen LogP contribution in [-0.2, 0) is 0 Å². The number of hydrogen-bond donors (Lipinski definition) is 1. The molecule has 4 aromatic carbocycles. The summed E-state index contributed by atoms with van der Waals surface area (Å²) >= 11 is 0. The van der Waals surface area contributed by atoms with E-state index < -0.39 is 0 Å². The molecule has 0 aromatic heterocycles. The number of fused-ring (bicyclic) bond motifs is 2. The molecule has 0 aliphatic heterocycles. The van der Waals surface area contributed by atoms with Gasteiger partial charge in [-0.1, -0.05) is 30.3 Å². The highest BCUT2D eigenvalue weighted by Crippen LogP contribution is 2.40. The minimum absolute atomic E-state index is 0.233. The number of nitrogen functional groups attached to an aromatic ring is 1. The molecule has 0 unspecified atom stereocenters. The van der Waals surface area contributed by atoms with Crippen molar-refractivity contribution in [2.45, 2.75) is 0 Å². The van der Waals surface area contributed by atoms with Gasteiger partial charge in [0.05, 0.1) is 7.11 Å². The van der Waals surface area contributed by atoms with Crippen molar-refractivity contribution in [2.75, 3.05) is 12.8 Å². The Balaban J connectivity index is 2.13. The largest absolute Gasteiger partial charge is 0.496 e. The Morgan fingerprint density at radius 1 is 0.833 bits per heavy atom. The number of rotatable bonds is 2. The lowest BCUT2D eigenvalue weighted by Crippen LogP contribution is -1.94. The number of halogens is 1. The number of anilines is 1. The smallest absolute Gasteiger partial charge is 0.127 e. The highest BCUT2D eigenvalue weighted by Gasteiger charge is 2.14. The van der Waals surface area contributed by atoms with E-state index in [4.69, 9.17) is 10.5 Å². The Kier molecular flexibility index (Phi) is 3.35. The van der Waals surface area contributed by atoms with Crippen LogP contribution in [0.1, 0.15) is 0 Å². The molecule has 0 bridgehead atoms. The molecule has 2 N–H and O–H groups in total. The number of para-hydroxylation sites is 1. The predicted molar refractivity (Wildman–Crippen MR) is 97.8 cm³/mol. The first kappa shape index (κ1) is 14.5. The summed E-state index contributed by atoms with van der Waals surface area (Å²) in [4.78, 5) is 0. The van der Waals surface area contributed by atoms with E-state index in [-0.39, 0.29) is 5.82 Å². The zero-order chi connectivity index (χ0) is 16.7. The molecule has 0 atom stereocenters. The molecule has 0 heterocycles. The van der Waals surface area contributed by atoms with E-state index in [1.807, 2.05) is 42.5 Å². The highest BCUT2D eigenvalue weighted by atomic mass is 19.1. The van der Waals surface area contributed by atoms with Gasteiger partial charge >= 0.3 is 0 Å². The van der Waals surface area contributed by atoms with E-state index in [9.17, 15) is 4.39 Å².